The van der Waals surface area contributed by atoms with Crippen LogP contribution in [-0.2, 0) is 13.0 Å². The average molecular weight is 477 g/mol. The molecule has 3 aromatic rings. The Hall–Kier alpha value is -2.99. The molecule has 0 aliphatic carbocycles. The highest BCUT2D eigenvalue weighted by Crippen LogP contribution is 2.29. The monoisotopic (exact) mass is 476 g/mol. The minimum atomic E-state index is -0.407. The maximum Gasteiger partial charge on any atom is 0.261 e. The number of hydrogen-bond donors (Lipinski definition) is 1. The molecule has 0 spiro atoms. The summed E-state index contributed by atoms with van der Waals surface area (Å²) in [5.74, 6) is 0.903. The van der Waals surface area contributed by atoms with Crippen LogP contribution >= 0.6 is 0 Å². The molecular formula is C29H37FN4O. The highest BCUT2D eigenvalue weighted by molar-refractivity contribution is 5.86. The molecule has 186 valence electrons. The van der Waals surface area contributed by atoms with E-state index in [1.54, 1.807) is 10.6 Å². The highest BCUT2D eigenvalue weighted by Gasteiger charge is 2.22. The van der Waals surface area contributed by atoms with Crippen molar-refractivity contribution in [2.75, 3.05) is 31.5 Å². The Morgan fingerprint density at radius 3 is 2.60 bits per heavy atom. The molecule has 0 saturated heterocycles. The molecule has 1 aromatic heterocycles. The molecule has 0 radical (unpaired) electrons. The summed E-state index contributed by atoms with van der Waals surface area (Å²) in [5.41, 5.74) is 4.23. The van der Waals surface area contributed by atoms with Crippen LogP contribution in [0.4, 0.5) is 10.1 Å². The quantitative estimate of drug-likeness (QED) is 0.375. The van der Waals surface area contributed by atoms with Gasteiger partial charge in [0.1, 0.15) is 11.6 Å². The van der Waals surface area contributed by atoms with Crippen molar-refractivity contribution in [3.8, 4) is 0 Å². The van der Waals surface area contributed by atoms with Gasteiger partial charge in [0, 0.05) is 13.1 Å². The third-order valence-corrected chi connectivity index (χ3v) is 6.76. The largest absolute Gasteiger partial charge is 0.383 e. The van der Waals surface area contributed by atoms with Crippen LogP contribution in [0.5, 0.6) is 0 Å². The first-order chi connectivity index (χ1) is 16.9. The van der Waals surface area contributed by atoms with E-state index in [9.17, 15) is 9.18 Å². The predicted molar refractivity (Wildman–Crippen MR) is 144 cm³/mol. The van der Waals surface area contributed by atoms with E-state index < -0.39 is 5.82 Å². The van der Waals surface area contributed by atoms with Gasteiger partial charge in [0.25, 0.3) is 5.56 Å². The van der Waals surface area contributed by atoms with E-state index in [0.29, 0.717) is 41.4 Å². The molecular weight excluding hydrogens is 439 g/mol. The van der Waals surface area contributed by atoms with E-state index >= 15 is 0 Å². The molecule has 1 aliphatic heterocycles. The van der Waals surface area contributed by atoms with E-state index in [0.717, 1.165) is 50.0 Å². The molecule has 6 heteroatoms. The highest BCUT2D eigenvalue weighted by atomic mass is 19.1. The third-order valence-electron chi connectivity index (χ3n) is 6.76. The summed E-state index contributed by atoms with van der Waals surface area (Å²) >= 11 is 0. The number of aromatic nitrogens is 2. The summed E-state index contributed by atoms with van der Waals surface area (Å²) in [6, 6.07) is 11.6. The fourth-order valence-corrected chi connectivity index (χ4v) is 4.80. The number of allylic oxidation sites excluding steroid dienone is 1. The standard InChI is InChI=1S/C29H37FN4O/c1-5-33(6-2)14-7-13-31-27-19-26-24(18-25(27)30)29(35)34-15-12-23(28(34)32-26)17-22-10-8-21(9-11-22)16-20(3)4/h8-11,17-20,31H,5-7,12-16H2,1-4H3/b23-17+. The first-order valence-electron chi connectivity index (χ1n) is 12.9. The lowest BCUT2D eigenvalue weighted by molar-refractivity contribution is 0.303. The van der Waals surface area contributed by atoms with Crippen molar-refractivity contribution < 1.29 is 4.39 Å². The van der Waals surface area contributed by atoms with Gasteiger partial charge in [-0.3, -0.25) is 9.36 Å². The van der Waals surface area contributed by atoms with Crippen molar-refractivity contribution in [2.45, 2.75) is 53.5 Å². The van der Waals surface area contributed by atoms with Crippen molar-refractivity contribution in [1.82, 2.24) is 14.5 Å². The number of nitrogens with one attached hydrogen (secondary N) is 1. The first kappa shape index (κ1) is 25.1. The lowest BCUT2D eigenvalue weighted by atomic mass is 10.0. The Morgan fingerprint density at radius 2 is 1.91 bits per heavy atom. The molecule has 2 heterocycles. The van der Waals surface area contributed by atoms with Crippen LogP contribution in [-0.4, -0.2) is 40.6 Å². The Kier molecular flexibility index (Phi) is 8.01. The van der Waals surface area contributed by atoms with Crippen LogP contribution < -0.4 is 10.9 Å². The molecule has 1 aliphatic rings. The van der Waals surface area contributed by atoms with Gasteiger partial charge in [-0.1, -0.05) is 52.0 Å². The van der Waals surface area contributed by atoms with Crippen LogP contribution in [0.15, 0.2) is 41.2 Å². The van der Waals surface area contributed by atoms with Crippen LogP contribution in [0.25, 0.3) is 22.6 Å². The van der Waals surface area contributed by atoms with Crippen LogP contribution in [0.3, 0.4) is 0 Å². The van der Waals surface area contributed by atoms with Gasteiger partial charge in [0.05, 0.1) is 16.6 Å². The van der Waals surface area contributed by atoms with Crippen molar-refractivity contribution in [1.29, 1.82) is 0 Å². The number of anilines is 1. The summed E-state index contributed by atoms with van der Waals surface area (Å²) in [4.78, 5) is 20.3. The average Bonchev–Trinajstić information content (AvgIpc) is 3.23. The van der Waals surface area contributed by atoms with Gasteiger partial charge in [-0.2, -0.15) is 0 Å². The molecule has 0 bridgehead atoms. The van der Waals surface area contributed by atoms with Crippen LogP contribution in [0.1, 0.15) is 57.5 Å². The minimum Gasteiger partial charge on any atom is -0.383 e. The fraction of sp³-hybridized carbons (Fsp3) is 0.448. The molecule has 4 rings (SSSR count). The summed E-state index contributed by atoms with van der Waals surface area (Å²) in [5, 5.41) is 3.53. The fourth-order valence-electron chi connectivity index (χ4n) is 4.80. The summed E-state index contributed by atoms with van der Waals surface area (Å²) in [6.45, 7) is 13.0. The number of rotatable bonds is 10. The molecule has 0 atom stereocenters. The van der Waals surface area contributed by atoms with Crippen molar-refractivity contribution in [3.05, 3.63) is 69.5 Å². The second kappa shape index (κ2) is 11.2. The van der Waals surface area contributed by atoms with E-state index in [2.05, 4.69) is 68.3 Å². The lowest BCUT2D eigenvalue weighted by Gasteiger charge is -2.18. The van der Waals surface area contributed by atoms with Gasteiger partial charge in [-0.05, 0) is 79.7 Å². The second-order valence-corrected chi connectivity index (χ2v) is 9.81. The van der Waals surface area contributed by atoms with Crippen molar-refractivity contribution in [3.63, 3.8) is 0 Å². The number of halogens is 1. The Labute approximate surface area is 207 Å². The molecule has 0 unspecified atom stereocenters. The van der Waals surface area contributed by atoms with Gasteiger partial charge in [-0.25, -0.2) is 9.37 Å². The number of benzene rings is 2. The number of nitrogens with zero attached hydrogens (tertiary/aromatic N) is 3. The van der Waals surface area contributed by atoms with Crippen molar-refractivity contribution in [2.24, 2.45) is 5.92 Å². The van der Waals surface area contributed by atoms with E-state index in [1.165, 1.54) is 11.6 Å². The normalized spacial score (nSPS) is 14.4. The van der Waals surface area contributed by atoms with Crippen LogP contribution in [0.2, 0.25) is 0 Å². The lowest BCUT2D eigenvalue weighted by Crippen LogP contribution is -2.25. The SMILES string of the molecule is CCN(CC)CCCNc1cc2nc3n(c(=O)c2cc1F)CC/C3=C\c1ccc(CC(C)C)cc1. The van der Waals surface area contributed by atoms with Gasteiger partial charge in [-0.15, -0.1) is 0 Å². The van der Waals surface area contributed by atoms with Gasteiger partial charge < -0.3 is 10.2 Å². The van der Waals surface area contributed by atoms with Crippen molar-refractivity contribution >= 4 is 28.2 Å². The molecule has 0 fully saturated rings. The summed E-state index contributed by atoms with van der Waals surface area (Å²) < 4.78 is 16.5. The Bertz CT molecular complexity index is 1260. The molecule has 1 N–H and O–H groups in total. The van der Waals surface area contributed by atoms with Gasteiger partial charge in [0.15, 0.2) is 0 Å². The van der Waals surface area contributed by atoms with Crippen LogP contribution in [0, 0.1) is 11.7 Å². The number of fused-ring (bicyclic) bond motifs is 2. The zero-order valence-corrected chi connectivity index (χ0v) is 21.4. The topological polar surface area (TPSA) is 50.2 Å². The van der Waals surface area contributed by atoms with E-state index in [1.807, 2.05) is 0 Å². The molecule has 35 heavy (non-hydrogen) atoms. The Balaban J connectivity index is 1.58. The maximum atomic E-state index is 14.8. The molecule has 2 aromatic carbocycles. The molecule has 5 nitrogen and oxygen atoms in total. The minimum absolute atomic E-state index is 0.173. The second-order valence-electron chi connectivity index (χ2n) is 9.81. The predicted octanol–water partition coefficient (Wildman–Crippen LogP) is 5.82. The third kappa shape index (κ3) is 5.81. The molecule has 0 saturated carbocycles. The van der Waals surface area contributed by atoms with Gasteiger partial charge in [0.2, 0.25) is 0 Å². The Morgan fingerprint density at radius 1 is 1.17 bits per heavy atom. The zero-order chi connectivity index (χ0) is 24.9. The summed E-state index contributed by atoms with van der Waals surface area (Å²) in [7, 11) is 0. The number of hydrogen-bond acceptors (Lipinski definition) is 4. The van der Waals surface area contributed by atoms with Gasteiger partial charge >= 0.3 is 0 Å². The summed E-state index contributed by atoms with van der Waals surface area (Å²) in [6.07, 6.45) is 4.84. The maximum absolute atomic E-state index is 14.8. The zero-order valence-electron chi connectivity index (χ0n) is 21.4. The van der Waals surface area contributed by atoms with E-state index in [-0.39, 0.29) is 5.56 Å². The smallest absolute Gasteiger partial charge is 0.261 e. The molecule has 0 amide bonds. The van der Waals surface area contributed by atoms with E-state index in [4.69, 9.17) is 4.98 Å². The first-order valence-corrected chi connectivity index (χ1v) is 12.9.